The van der Waals surface area contributed by atoms with E-state index in [2.05, 4.69) is 131 Å². The van der Waals surface area contributed by atoms with Crippen LogP contribution in [0.3, 0.4) is 0 Å². The van der Waals surface area contributed by atoms with Gasteiger partial charge in [0.1, 0.15) is 6.61 Å². The molecule has 6 rings (SSSR count). The number of hydrogen-bond acceptors (Lipinski definition) is 3. The largest absolute Gasteiger partial charge is 0.476 e. The van der Waals surface area contributed by atoms with Crippen molar-refractivity contribution in [2.45, 2.75) is 24.8 Å². The summed E-state index contributed by atoms with van der Waals surface area (Å²) in [6.45, 7) is 3.47. The molecule has 0 amide bonds. The average Bonchev–Trinajstić information content (AvgIpc) is 3.43. The Balaban J connectivity index is 1.34. The number of nitrogens with zero attached hydrogens (tertiary/aromatic N) is 2. The Hall–Kier alpha value is -3.95. The van der Waals surface area contributed by atoms with Gasteiger partial charge in [0.15, 0.2) is 0 Å². The molecule has 0 aromatic heterocycles. The molecule has 4 aromatic rings. The highest BCUT2D eigenvalue weighted by molar-refractivity contribution is 5.95. The quantitative estimate of drug-likeness (QED) is 0.260. The fourth-order valence-corrected chi connectivity index (χ4v) is 6.05. The number of ether oxygens (including phenoxy) is 1. The van der Waals surface area contributed by atoms with Crippen LogP contribution in [0.4, 0.5) is 0 Å². The van der Waals surface area contributed by atoms with Gasteiger partial charge in [-0.1, -0.05) is 115 Å². The van der Waals surface area contributed by atoms with E-state index in [-0.39, 0.29) is 5.54 Å². The number of aliphatic imine (C=N–C) groups is 1. The second kappa shape index (κ2) is 11.2. The molecule has 0 saturated carbocycles. The first-order valence-corrected chi connectivity index (χ1v) is 13.7. The highest BCUT2D eigenvalue weighted by Crippen LogP contribution is 2.43. The van der Waals surface area contributed by atoms with Crippen molar-refractivity contribution in [2.75, 3.05) is 26.2 Å². The predicted molar refractivity (Wildman–Crippen MR) is 156 cm³/mol. The molecule has 0 aliphatic carbocycles. The van der Waals surface area contributed by atoms with Crippen molar-refractivity contribution in [3.63, 3.8) is 0 Å². The average molecular weight is 499 g/mol. The van der Waals surface area contributed by atoms with E-state index in [0.29, 0.717) is 6.61 Å². The third kappa shape index (κ3) is 4.82. The molecule has 1 fully saturated rings. The van der Waals surface area contributed by atoms with Gasteiger partial charge in [-0.25, -0.2) is 4.99 Å². The Morgan fingerprint density at radius 2 is 1.24 bits per heavy atom. The van der Waals surface area contributed by atoms with E-state index in [1.54, 1.807) is 0 Å². The minimum absolute atomic E-state index is 0.344. The lowest BCUT2D eigenvalue weighted by molar-refractivity contribution is 0.164. The van der Waals surface area contributed by atoms with Crippen LogP contribution in [-0.4, -0.2) is 37.0 Å². The molecule has 1 saturated heterocycles. The van der Waals surface area contributed by atoms with E-state index in [1.807, 2.05) is 0 Å². The summed E-state index contributed by atoms with van der Waals surface area (Å²) in [6.07, 6.45) is 5.68. The summed E-state index contributed by atoms with van der Waals surface area (Å²) >= 11 is 0. The predicted octanol–water partition coefficient (Wildman–Crippen LogP) is 7.32. The SMILES string of the molecule is C(=C1CCCN(C(c2ccccc2)(c2ccccc2)c2ccccc2)CC1)c1ccc(C2=NCCO2)cc1. The van der Waals surface area contributed by atoms with Crippen LogP contribution in [0.25, 0.3) is 6.08 Å². The van der Waals surface area contributed by atoms with Gasteiger partial charge in [-0.05, 0) is 60.2 Å². The van der Waals surface area contributed by atoms with E-state index >= 15 is 0 Å². The van der Waals surface area contributed by atoms with Crippen LogP contribution >= 0.6 is 0 Å². The molecule has 2 aliphatic heterocycles. The lowest BCUT2D eigenvalue weighted by Gasteiger charge is -2.45. The third-order valence-corrected chi connectivity index (χ3v) is 7.79. The van der Waals surface area contributed by atoms with Crippen molar-refractivity contribution in [3.8, 4) is 0 Å². The van der Waals surface area contributed by atoms with Crippen molar-refractivity contribution in [2.24, 2.45) is 4.99 Å². The lowest BCUT2D eigenvalue weighted by atomic mass is 9.75. The number of rotatable bonds is 6. The van der Waals surface area contributed by atoms with Crippen molar-refractivity contribution >= 4 is 12.0 Å². The second-order valence-electron chi connectivity index (χ2n) is 10.1. The first-order chi connectivity index (χ1) is 18.8. The van der Waals surface area contributed by atoms with Gasteiger partial charge in [-0.15, -0.1) is 0 Å². The van der Waals surface area contributed by atoms with Gasteiger partial charge in [0, 0.05) is 12.1 Å². The normalized spacial score (nSPS) is 17.6. The first kappa shape index (κ1) is 24.4. The van der Waals surface area contributed by atoms with Crippen LogP contribution < -0.4 is 0 Å². The molecule has 2 aliphatic rings. The van der Waals surface area contributed by atoms with Crippen molar-refractivity contribution < 1.29 is 4.74 Å². The monoisotopic (exact) mass is 498 g/mol. The molecule has 0 N–H and O–H groups in total. The number of hydrogen-bond donors (Lipinski definition) is 0. The zero-order chi connectivity index (χ0) is 25.6. The van der Waals surface area contributed by atoms with Crippen molar-refractivity contribution in [3.05, 3.63) is 149 Å². The topological polar surface area (TPSA) is 24.8 Å². The van der Waals surface area contributed by atoms with Crippen LogP contribution in [0.15, 0.2) is 126 Å². The second-order valence-corrected chi connectivity index (χ2v) is 10.1. The van der Waals surface area contributed by atoms with E-state index in [1.165, 1.54) is 27.8 Å². The van der Waals surface area contributed by atoms with Gasteiger partial charge in [0.25, 0.3) is 0 Å². The summed E-state index contributed by atoms with van der Waals surface area (Å²) in [5, 5.41) is 0. The standard InChI is InChI=1S/C35H34N2O/c1-4-12-31(13-5-1)35(32-14-6-2-7-15-32,33-16-8-3-9-17-33)37-24-10-11-28(22-25-37)27-29-18-20-30(21-19-29)34-36-23-26-38-34/h1-9,12-21,27H,10-11,22-26H2. The van der Waals surface area contributed by atoms with Gasteiger partial charge in [0.2, 0.25) is 5.90 Å². The van der Waals surface area contributed by atoms with E-state index < -0.39 is 0 Å². The van der Waals surface area contributed by atoms with Gasteiger partial charge < -0.3 is 4.74 Å². The molecule has 4 aromatic carbocycles. The summed E-state index contributed by atoms with van der Waals surface area (Å²) in [6, 6.07) is 41.8. The molecular formula is C35H34N2O. The molecule has 3 heteroatoms. The van der Waals surface area contributed by atoms with Crippen LogP contribution in [-0.2, 0) is 10.3 Å². The van der Waals surface area contributed by atoms with Crippen molar-refractivity contribution in [1.82, 2.24) is 4.90 Å². The first-order valence-electron chi connectivity index (χ1n) is 13.7. The minimum Gasteiger partial charge on any atom is -0.476 e. The molecule has 3 nitrogen and oxygen atoms in total. The highest BCUT2D eigenvalue weighted by atomic mass is 16.5. The summed E-state index contributed by atoms with van der Waals surface area (Å²) in [4.78, 5) is 7.16. The summed E-state index contributed by atoms with van der Waals surface area (Å²) in [5.74, 6) is 0.772. The van der Waals surface area contributed by atoms with Crippen LogP contribution in [0, 0.1) is 0 Å². The van der Waals surface area contributed by atoms with E-state index in [4.69, 9.17) is 4.74 Å². The lowest BCUT2D eigenvalue weighted by Crippen LogP contribution is -2.48. The molecule has 0 unspecified atom stereocenters. The minimum atomic E-state index is -0.344. The third-order valence-electron chi connectivity index (χ3n) is 7.79. The molecule has 0 radical (unpaired) electrons. The smallest absolute Gasteiger partial charge is 0.216 e. The fraction of sp³-hybridized carbons (Fsp3) is 0.229. The zero-order valence-corrected chi connectivity index (χ0v) is 21.8. The van der Waals surface area contributed by atoms with Gasteiger partial charge in [-0.3, -0.25) is 4.90 Å². The maximum absolute atomic E-state index is 5.63. The Morgan fingerprint density at radius 1 is 0.658 bits per heavy atom. The molecule has 2 heterocycles. The summed E-state index contributed by atoms with van der Waals surface area (Å²) < 4.78 is 5.63. The number of benzene rings is 4. The Morgan fingerprint density at radius 3 is 1.76 bits per heavy atom. The summed E-state index contributed by atoms with van der Waals surface area (Å²) in [5.41, 5.74) is 7.43. The van der Waals surface area contributed by atoms with Gasteiger partial charge in [-0.2, -0.15) is 0 Å². The Labute approximate surface area is 226 Å². The van der Waals surface area contributed by atoms with E-state index in [9.17, 15) is 0 Å². The number of likely N-dealkylation sites (tertiary alicyclic amines) is 1. The molecule has 190 valence electrons. The Bertz CT molecular complexity index is 1300. The molecular weight excluding hydrogens is 464 g/mol. The highest BCUT2D eigenvalue weighted by Gasteiger charge is 2.42. The van der Waals surface area contributed by atoms with Crippen molar-refractivity contribution in [1.29, 1.82) is 0 Å². The maximum Gasteiger partial charge on any atom is 0.216 e. The summed E-state index contributed by atoms with van der Waals surface area (Å²) in [7, 11) is 0. The Kier molecular flexibility index (Phi) is 7.19. The van der Waals surface area contributed by atoms with Crippen LogP contribution in [0.1, 0.15) is 47.1 Å². The maximum atomic E-state index is 5.63. The van der Waals surface area contributed by atoms with E-state index in [0.717, 1.165) is 50.4 Å². The van der Waals surface area contributed by atoms with Crippen LogP contribution in [0.5, 0.6) is 0 Å². The fourth-order valence-electron chi connectivity index (χ4n) is 6.05. The zero-order valence-electron chi connectivity index (χ0n) is 21.8. The molecule has 0 bridgehead atoms. The van der Waals surface area contributed by atoms with Crippen LogP contribution in [0.2, 0.25) is 0 Å². The van der Waals surface area contributed by atoms with Gasteiger partial charge >= 0.3 is 0 Å². The molecule has 0 spiro atoms. The molecule has 38 heavy (non-hydrogen) atoms. The molecule has 0 atom stereocenters. The van der Waals surface area contributed by atoms with Gasteiger partial charge in [0.05, 0.1) is 12.1 Å².